The zero-order valence-corrected chi connectivity index (χ0v) is 20.8. The summed E-state index contributed by atoms with van der Waals surface area (Å²) in [7, 11) is 0. The molecule has 1 unspecified atom stereocenters. The number of amides is 1. The molecule has 2 N–H and O–H groups in total. The van der Waals surface area contributed by atoms with E-state index in [-0.39, 0.29) is 13.2 Å². The lowest BCUT2D eigenvalue weighted by Crippen LogP contribution is -2.43. The van der Waals surface area contributed by atoms with Crippen molar-refractivity contribution in [1.82, 2.24) is 4.90 Å². The van der Waals surface area contributed by atoms with Crippen LogP contribution in [0.1, 0.15) is 39.7 Å². The first-order valence-electron chi connectivity index (χ1n) is 11.5. The second kappa shape index (κ2) is 13.4. The lowest BCUT2D eigenvalue weighted by atomic mass is 10.0. The molecule has 2 aromatic carbocycles. The Morgan fingerprint density at radius 3 is 2.20 bits per heavy atom. The number of rotatable bonds is 12. The highest BCUT2D eigenvalue weighted by atomic mass is 16.6. The summed E-state index contributed by atoms with van der Waals surface area (Å²) in [6.45, 7) is 7.31. The number of carbonyl (C=O) groups is 2. The molecule has 0 heterocycles. The standard InChI is InChI=1S/C27H35NO7/c1-5-20(21-11-13-24(14-12-21)34-19-25(30)31)15-16-28(26(32)35-27(2,3)4)17-22(29)18-33-23-9-7-6-8-10-23/h5-14,22,29H,15-19H2,1-4H3,(H,30,31)/b20-5+. The van der Waals surface area contributed by atoms with Gasteiger partial charge in [-0.1, -0.05) is 36.4 Å². The number of carboxylic acids is 1. The van der Waals surface area contributed by atoms with Crippen LogP contribution in [0.2, 0.25) is 0 Å². The van der Waals surface area contributed by atoms with Crippen LogP contribution < -0.4 is 9.47 Å². The van der Waals surface area contributed by atoms with Crippen LogP contribution in [0, 0.1) is 0 Å². The first kappa shape index (κ1) is 27.7. The highest BCUT2D eigenvalue weighted by molar-refractivity contribution is 5.70. The maximum Gasteiger partial charge on any atom is 0.410 e. The molecule has 0 spiro atoms. The van der Waals surface area contributed by atoms with Gasteiger partial charge >= 0.3 is 12.1 Å². The lowest BCUT2D eigenvalue weighted by molar-refractivity contribution is -0.139. The number of carboxylic acid groups (broad SMARTS) is 1. The Morgan fingerprint density at radius 2 is 1.63 bits per heavy atom. The third-order valence-electron chi connectivity index (χ3n) is 4.86. The first-order chi connectivity index (χ1) is 16.6. The molecule has 0 bridgehead atoms. The van der Waals surface area contributed by atoms with Crippen LogP contribution in [0.15, 0.2) is 60.7 Å². The van der Waals surface area contributed by atoms with Gasteiger partial charge in [-0.15, -0.1) is 0 Å². The Bertz CT molecular complexity index is 965. The molecular formula is C27H35NO7. The summed E-state index contributed by atoms with van der Waals surface area (Å²) in [5.74, 6) is 0.0627. The van der Waals surface area contributed by atoms with E-state index in [1.807, 2.05) is 43.3 Å². The van der Waals surface area contributed by atoms with E-state index in [9.17, 15) is 14.7 Å². The fourth-order valence-corrected chi connectivity index (χ4v) is 3.22. The SMILES string of the molecule is C/C=C(\CCN(CC(O)COc1ccccc1)C(=O)OC(C)(C)C)c1ccc(OCC(=O)O)cc1. The van der Waals surface area contributed by atoms with Gasteiger partial charge in [0.1, 0.15) is 29.8 Å². The second-order valence-electron chi connectivity index (χ2n) is 8.97. The maximum absolute atomic E-state index is 12.8. The van der Waals surface area contributed by atoms with Crippen molar-refractivity contribution >= 4 is 17.6 Å². The van der Waals surface area contributed by atoms with E-state index in [0.717, 1.165) is 11.1 Å². The highest BCUT2D eigenvalue weighted by Gasteiger charge is 2.24. The number of aliphatic carboxylic acids is 1. The molecule has 0 radical (unpaired) electrons. The van der Waals surface area contributed by atoms with Crippen LogP contribution in [0.25, 0.3) is 5.57 Å². The van der Waals surface area contributed by atoms with Gasteiger partial charge in [0.2, 0.25) is 0 Å². The monoisotopic (exact) mass is 485 g/mol. The average molecular weight is 486 g/mol. The van der Waals surface area contributed by atoms with E-state index in [0.29, 0.717) is 24.5 Å². The predicted molar refractivity (Wildman–Crippen MR) is 134 cm³/mol. The Kier molecular flexibility index (Phi) is 10.6. The smallest absolute Gasteiger partial charge is 0.410 e. The minimum atomic E-state index is -1.04. The number of para-hydroxylation sites is 1. The second-order valence-corrected chi connectivity index (χ2v) is 8.97. The number of nitrogens with zero attached hydrogens (tertiary/aromatic N) is 1. The fraction of sp³-hybridized carbons (Fsp3) is 0.407. The van der Waals surface area contributed by atoms with Crippen molar-refractivity contribution in [2.45, 2.75) is 45.8 Å². The summed E-state index contributed by atoms with van der Waals surface area (Å²) in [4.78, 5) is 25.0. The van der Waals surface area contributed by atoms with Crippen LogP contribution in [0.5, 0.6) is 11.5 Å². The molecule has 8 nitrogen and oxygen atoms in total. The van der Waals surface area contributed by atoms with Crippen molar-refractivity contribution in [2.24, 2.45) is 0 Å². The molecule has 0 aliphatic carbocycles. The zero-order valence-electron chi connectivity index (χ0n) is 20.8. The Hall–Kier alpha value is -3.52. The number of hydrogen-bond acceptors (Lipinski definition) is 6. The largest absolute Gasteiger partial charge is 0.491 e. The number of carbonyl (C=O) groups excluding carboxylic acids is 1. The highest BCUT2D eigenvalue weighted by Crippen LogP contribution is 2.23. The number of aliphatic hydroxyl groups is 1. The summed E-state index contributed by atoms with van der Waals surface area (Å²) in [6, 6.07) is 16.3. The summed E-state index contributed by atoms with van der Waals surface area (Å²) < 4.78 is 16.4. The molecule has 0 saturated carbocycles. The number of aliphatic hydroxyl groups excluding tert-OH is 1. The molecule has 0 aliphatic heterocycles. The van der Waals surface area contributed by atoms with Crippen LogP contribution in [-0.2, 0) is 9.53 Å². The van der Waals surface area contributed by atoms with Gasteiger partial charge in [0.05, 0.1) is 6.54 Å². The van der Waals surface area contributed by atoms with Gasteiger partial charge in [-0.2, -0.15) is 0 Å². The van der Waals surface area contributed by atoms with Gasteiger partial charge in [-0.05, 0) is 69.5 Å². The summed E-state index contributed by atoms with van der Waals surface area (Å²) in [6.07, 6.45) is 1.07. The molecule has 0 aliphatic rings. The average Bonchev–Trinajstić information content (AvgIpc) is 2.81. The fourth-order valence-electron chi connectivity index (χ4n) is 3.22. The molecule has 8 heteroatoms. The minimum Gasteiger partial charge on any atom is -0.491 e. The molecular weight excluding hydrogens is 450 g/mol. The van der Waals surface area contributed by atoms with Crippen LogP contribution >= 0.6 is 0 Å². The van der Waals surface area contributed by atoms with Crippen molar-refractivity contribution < 1.29 is 34.0 Å². The van der Waals surface area contributed by atoms with Crippen molar-refractivity contribution in [2.75, 3.05) is 26.3 Å². The van der Waals surface area contributed by atoms with Crippen LogP contribution in [0.4, 0.5) is 4.79 Å². The van der Waals surface area contributed by atoms with Crippen molar-refractivity contribution in [3.05, 3.63) is 66.2 Å². The topological polar surface area (TPSA) is 106 Å². The van der Waals surface area contributed by atoms with Gasteiger partial charge in [0, 0.05) is 6.54 Å². The third-order valence-corrected chi connectivity index (χ3v) is 4.86. The van der Waals surface area contributed by atoms with Gasteiger partial charge in [-0.3, -0.25) is 0 Å². The number of hydrogen-bond donors (Lipinski definition) is 2. The minimum absolute atomic E-state index is 0.0393. The van der Waals surface area contributed by atoms with Gasteiger partial charge in [0.25, 0.3) is 0 Å². The predicted octanol–water partition coefficient (Wildman–Crippen LogP) is 4.62. The molecule has 0 aromatic heterocycles. The Morgan fingerprint density at radius 1 is 1.00 bits per heavy atom. The Labute approximate surface area is 206 Å². The third kappa shape index (κ3) is 10.5. The van der Waals surface area contributed by atoms with Crippen molar-refractivity contribution in [1.29, 1.82) is 0 Å². The van der Waals surface area contributed by atoms with E-state index in [1.54, 1.807) is 45.0 Å². The van der Waals surface area contributed by atoms with E-state index in [1.165, 1.54) is 4.90 Å². The van der Waals surface area contributed by atoms with E-state index in [2.05, 4.69) is 0 Å². The van der Waals surface area contributed by atoms with Crippen molar-refractivity contribution in [3.8, 4) is 11.5 Å². The molecule has 2 rings (SSSR count). The summed E-state index contributed by atoms with van der Waals surface area (Å²) in [5.41, 5.74) is 1.24. The normalized spacial score (nSPS) is 12.5. The molecule has 0 saturated heterocycles. The molecule has 2 aromatic rings. The van der Waals surface area contributed by atoms with Crippen LogP contribution in [0.3, 0.4) is 0 Å². The quantitative estimate of drug-likeness (QED) is 0.452. The van der Waals surface area contributed by atoms with Gasteiger partial charge in [-0.25, -0.2) is 9.59 Å². The molecule has 1 amide bonds. The summed E-state index contributed by atoms with van der Waals surface area (Å²) >= 11 is 0. The van der Waals surface area contributed by atoms with Crippen molar-refractivity contribution in [3.63, 3.8) is 0 Å². The van der Waals surface area contributed by atoms with Gasteiger partial charge < -0.3 is 29.3 Å². The van der Waals surface area contributed by atoms with E-state index < -0.39 is 30.4 Å². The summed E-state index contributed by atoms with van der Waals surface area (Å²) in [5, 5.41) is 19.3. The maximum atomic E-state index is 12.8. The number of allylic oxidation sites excluding steroid dienone is 1. The van der Waals surface area contributed by atoms with Crippen LogP contribution in [-0.4, -0.2) is 65.2 Å². The number of benzene rings is 2. The van der Waals surface area contributed by atoms with E-state index >= 15 is 0 Å². The molecule has 0 fully saturated rings. The zero-order chi connectivity index (χ0) is 25.8. The molecule has 1 atom stereocenters. The molecule has 190 valence electrons. The Balaban J connectivity index is 2.02. The molecule has 35 heavy (non-hydrogen) atoms. The van der Waals surface area contributed by atoms with Gasteiger partial charge in [0.15, 0.2) is 6.61 Å². The number of ether oxygens (including phenoxy) is 3. The first-order valence-corrected chi connectivity index (χ1v) is 11.5. The van der Waals surface area contributed by atoms with E-state index in [4.69, 9.17) is 19.3 Å². The lowest BCUT2D eigenvalue weighted by Gasteiger charge is -2.29.